The SMILES string of the molecule is CC1=NCN(C)[C@H]2CN12. The van der Waals surface area contributed by atoms with Crippen LogP contribution >= 0.6 is 0 Å². The number of nitrogens with zero attached hydrogens (tertiary/aromatic N) is 3. The second-order valence-electron chi connectivity index (χ2n) is 2.74. The zero-order valence-corrected chi connectivity index (χ0v) is 5.83. The Kier molecular flexibility index (Phi) is 0.858. The lowest BCUT2D eigenvalue weighted by Crippen LogP contribution is -2.31. The van der Waals surface area contributed by atoms with Gasteiger partial charge in [0, 0.05) is 0 Å². The average molecular weight is 125 g/mol. The molecule has 0 aromatic heterocycles. The zero-order chi connectivity index (χ0) is 6.43. The van der Waals surface area contributed by atoms with Crippen LogP contribution in [0, 0.1) is 0 Å². The van der Waals surface area contributed by atoms with E-state index in [1.807, 2.05) is 0 Å². The van der Waals surface area contributed by atoms with Gasteiger partial charge in [-0.3, -0.25) is 9.89 Å². The molecule has 2 heterocycles. The third kappa shape index (κ3) is 0.645. The maximum Gasteiger partial charge on any atom is 0.102 e. The Bertz CT molecular complexity index is 164. The number of rotatable bonds is 0. The quantitative estimate of drug-likeness (QED) is 0.423. The maximum absolute atomic E-state index is 4.30. The molecular weight excluding hydrogens is 114 g/mol. The predicted octanol–water partition coefficient (Wildman–Crippen LogP) is -0.0506. The summed E-state index contributed by atoms with van der Waals surface area (Å²) in [6.07, 6.45) is 0.683. The molecule has 1 fully saturated rings. The Morgan fingerprint density at radius 1 is 1.67 bits per heavy atom. The Morgan fingerprint density at radius 3 is 3.11 bits per heavy atom. The van der Waals surface area contributed by atoms with Gasteiger partial charge in [0.15, 0.2) is 0 Å². The number of aliphatic imine (C=N–C) groups is 1. The van der Waals surface area contributed by atoms with Gasteiger partial charge < -0.3 is 4.90 Å². The van der Waals surface area contributed by atoms with E-state index < -0.39 is 0 Å². The highest BCUT2D eigenvalue weighted by molar-refractivity contribution is 5.82. The van der Waals surface area contributed by atoms with Gasteiger partial charge in [0.2, 0.25) is 0 Å². The molecular formula is C6H11N3. The number of likely N-dealkylation sites (N-methyl/N-ethyl adjacent to an activating group) is 1. The van der Waals surface area contributed by atoms with Crippen LogP contribution in [0.1, 0.15) is 6.92 Å². The first-order chi connectivity index (χ1) is 4.29. The number of fused-ring (bicyclic) bond motifs is 1. The highest BCUT2D eigenvalue weighted by Gasteiger charge is 2.40. The van der Waals surface area contributed by atoms with Crippen molar-refractivity contribution in [1.29, 1.82) is 0 Å². The summed E-state index contributed by atoms with van der Waals surface area (Å²) in [5.41, 5.74) is 0. The van der Waals surface area contributed by atoms with Crippen LogP contribution in [0.4, 0.5) is 0 Å². The summed E-state index contributed by atoms with van der Waals surface area (Å²) in [5.74, 6) is 1.21. The van der Waals surface area contributed by atoms with Crippen LogP contribution in [0.15, 0.2) is 4.99 Å². The molecule has 3 heteroatoms. The third-order valence-corrected chi connectivity index (χ3v) is 2.03. The van der Waals surface area contributed by atoms with E-state index in [2.05, 4.69) is 28.8 Å². The predicted molar refractivity (Wildman–Crippen MR) is 36.2 cm³/mol. The van der Waals surface area contributed by atoms with E-state index in [0.29, 0.717) is 6.17 Å². The van der Waals surface area contributed by atoms with Crippen molar-refractivity contribution in [3.63, 3.8) is 0 Å². The van der Waals surface area contributed by atoms with Gasteiger partial charge in [0.05, 0.1) is 19.0 Å². The van der Waals surface area contributed by atoms with E-state index in [4.69, 9.17) is 0 Å². The normalized spacial score (nSPS) is 33.8. The summed E-state index contributed by atoms with van der Waals surface area (Å²) in [6.45, 7) is 4.14. The van der Waals surface area contributed by atoms with Crippen LogP contribution in [0.5, 0.6) is 0 Å². The molecule has 0 amide bonds. The van der Waals surface area contributed by atoms with E-state index in [1.54, 1.807) is 0 Å². The van der Waals surface area contributed by atoms with E-state index in [9.17, 15) is 0 Å². The Balaban J connectivity index is 2.17. The van der Waals surface area contributed by atoms with Gasteiger partial charge in [-0.05, 0) is 14.0 Å². The Hall–Kier alpha value is -0.570. The summed E-state index contributed by atoms with van der Waals surface area (Å²) in [5, 5.41) is 0. The van der Waals surface area contributed by atoms with Crippen molar-refractivity contribution in [2.45, 2.75) is 13.1 Å². The highest BCUT2D eigenvalue weighted by atomic mass is 15.5. The maximum atomic E-state index is 4.30. The lowest BCUT2D eigenvalue weighted by atomic mass is 10.6. The van der Waals surface area contributed by atoms with Crippen LogP contribution in [0.2, 0.25) is 0 Å². The minimum Gasteiger partial charge on any atom is -0.339 e. The molecule has 2 rings (SSSR count). The van der Waals surface area contributed by atoms with Crippen molar-refractivity contribution >= 4 is 5.84 Å². The molecule has 1 atom stereocenters. The molecule has 0 aromatic rings. The second-order valence-corrected chi connectivity index (χ2v) is 2.74. The van der Waals surface area contributed by atoms with Gasteiger partial charge in [0.1, 0.15) is 6.17 Å². The third-order valence-electron chi connectivity index (χ3n) is 2.03. The minimum atomic E-state index is 0.683. The van der Waals surface area contributed by atoms with Crippen molar-refractivity contribution in [3.8, 4) is 0 Å². The molecule has 3 nitrogen and oxygen atoms in total. The average Bonchev–Trinajstić information content (AvgIpc) is 2.57. The standard InChI is InChI=1S/C6H11N3/c1-5-7-4-8(2)6-3-9(5)6/h6H,3-4H2,1-2H3/t6-,9?/m1/s1. The van der Waals surface area contributed by atoms with Crippen LogP contribution < -0.4 is 0 Å². The van der Waals surface area contributed by atoms with Gasteiger partial charge in [0.25, 0.3) is 0 Å². The molecule has 0 aliphatic carbocycles. The number of hydrogen-bond acceptors (Lipinski definition) is 3. The molecule has 0 saturated carbocycles. The van der Waals surface area contributed by atoms with Crippen LogP contribution in [0.3, 0.4) is 0 Å². The van der Waals surface area contributed by atoms with Crippen molar-refractivity contribution in [2.75, 3.05) is 20.3 Å². The van der Waals surface area contributed by atoms with E-state index >= 15 is 0 Å². The van der Waals surface area contributed by atoms with Crippen molar-refractivity contribution in [3.05, 3.63) is 0 Å². The summed E-state index contributed by atoms with van der Waals surface area (Å²) in [4.78, 5) is 8.85. The summed E-state index contributed by atoms with van der Waals surface area (Å²) < 4.78 is 0. The molecule has 0 N–H and O–H groups in total. The smallest absolute Gasteiger partial charge is 0.102 e. The van der Waals surface area contributed by atoms with Crippen molar-refractivity contribution < 1.29 is 0 Å². The molecule has 9 heavy (non-hydrogen) atoms. The first-order valence-electron chi connectivity index (χ1n) is 3.27. The summed E-state index contributed by atoms with van der Waals surface area (Å²) in [7, 11) is 2.11. The van der Waals surface area contributed by atoms with E-state index in [0.717, 1.165) is 6.67 Å². The zero-order valence-electron chi connectivity index (χ0n) is 5.83. The first-order valence-corrected chi connectivity index (χ1v) is 3.27. The molecule has 50 valence electrons. The topological polar surface area (TPSA) is 18.6 Å². The van der Waals surface area contributed by atoms with Gasteiger partial charge >= 0.3 is 0 Å². The fourth-order valence-corrected chi connectivity index (χ4v) is 1.25. The fourth-order valence-electron chi connectivity index (χ4n) is 1.25. The molecule has 0 aromatic carbocycles. The summed E-state index contributed by atoms with van der Waals surface area (Å²) >= 11 is 0. The lowest BCUT2D eigenvalue weighted by Gasteiger charge is -2.19. The number of amidine groups is 1. The fraction of sp³-hybridized carbons (Fsp3) is 0.833. The van der Waals surface area contributed by atoms with Crippen molar-refractivity contribution in [2.24, 2.45) is 4.99 Å². The Morgan fingerprint density at radius 2 is 2.44 bits per heavy atom. The van der Waals surface area contributed by atoms with E-state index in [-0.39, 0.29) is 0 Å². The molecule has 0 unspecified atom stereocenters. The molecule has 0 spiro atoms. The molecule has 2 aliphatic heterocycles. The van der Waals surface area contributed by atoms with Crippen LogP contribution in [-0.4, -0.2) is 42.1 Å². The summed E-state index contributed by atoms with van der Waals surface area (Å²) in [6, 6.07) is 0. The van der Waals surface area contributed by atoms with Gasteiger partial charge in [-0.15, -0.1) is 0 Å². The van der Waals surface area contributed by atoms with Crippen molar-refractivity contribution in [1.82, 2.24) is 9.80 Å². The van der Waals surface area contributed by atoms with Gasteiger partial charge in [-0.1, -0.05) is 0 Å². The molecule has 1 saturated heterocycles. The minimum absolute atomic E-state index is 0.683. The highest BCUT2D eigenvalue weighted by Crippen LogP contribution is 2.23. The Labute approximate surface area is 55.0 Å². The monoisotopic (exact) mass is 125 g/mol. The van der Waals surface area contributed by atoms with Gasteiger partial charge in [-0.25, -0.2) is 0 Å². The second kappa shape index (κ2) is 1.48. The van der Waals surface area contributed by atoms with Crippen LogP contribution in [-0.2, 0) is 0 Å². The van der Waals surface area contributed by atoms with Crippen LogP contribution in [0.25, 0.3) is 0 Å². The van der Waals surface area contributed by atoms with Gasteiger partial charge in [-0.2, -0.15) is 0 Å². The first kappa shape index (κ1) is 5.23. The molecule has 0 bridgehead atoms. The lowest BCUT2D eigenvalue weighted by molar-refractivity contribution is 0.286. The molecule has 2 aliphatic rings. The largest absolute Gasteiger partial charge is 0.339 e. The number of hydrogen-bond donors (Lipinski definition) is 0. The molecule has 0 radical (unpaired) electrons. The van der Waals surface area contributed by atoms with E-state index in [1.165, 1.54) is 12.4 Å².